The second kappa shape index (κ2) is 56.4. The van der Waals surface area contributed by atoms with Crippen LogP contribution in [-0.4, -0.2) is 170 Å². The lowest BCUT2D eigenvalue weighted by molar-refractivity contribution is -0.883. The molecule has 0 aliphatic heterocycles. The number of carbonyl (C=O) groups is 6. The molecule has 0 aliphatic carbocycles. The normalized spacial score (nSPS) is 14.5. The maximum Gasteiger partial charge on any atom is 0.362 e. The quantitative estimate of drug-likeness (QED) is 0.0170. The van der Waals surface area contributed by atoms with Crippen LogP contribution in [0.1, 0.15) is 286 Å². The number of esters is 6. The number of carbonyl (C=O) groups excluding carboxylic acids is 6. The van der Waals surface area contributed by atoms with E-state index < -0.39 is 79.8 Å². The Balaban J connectivity index is 5.76. The zero-order valence-electron chi connectivity index (χ0n) is 58.8. The number of aliphatic hydroxyl groups excluding tert-OH is 3. The van der Waals surface area contributed by atoms with Gasteiger partial charge in [-0.1, -0.05) is 212 Å². The highest BCUT2D eigenvalue weighted by Crippen LogP contribution is 2.20. The van der Waals surface area contributed by atoms with Crippen LogP contribution >= 0.6 is 0 Å². The Hall–Kier alpha value is -4.16. The number of rotatable bonds is 61. The molecule has 17 nitrogen and oxygen atoms in total. The van der Waals surface area contributed by atoms with Crippen molar-refractivity contribution < 1.29 is 81.5 Å². The predicted octanol–water partition coefficient (Wildman–Crippen LogP) is 14.6. The molecule has 0 saturated heterocycles. The molecule has 0 aromatic heterocycles. The van der Waals surface area contributed by atoms with Gasteiger partial charge in [-0.25, -0.2) is 9.59 Å². The summed E-state index contributed by atoms with van der Waals surface area (Å²) in [6, 6.07) is 0. The van der Waals surface area contributed by atoms with Gasteiger partial charge in [0.1, 0.15) is 31.5 Å². The van der Waals surface area contributed by atoms with Gasteiger partial charge in [0.05, 0.1) is 78.9 Å². The Morgan fingerprint density at radius 3 is 0.933 bits per heavy atom. The number of ether oxygens (including phenoxy) is 6. The fraction of sp³-hybridized carbons (Fsp3) is 0.836. The van der Waals surface area contributed by atoms with Crippen molar-refractivity contribution >= 4 is 35.8 Å². The number of unbranched alkanes of at least 4 members (excludes halogenated alkanes) is 24. The third-order valence-electron chi connectivity index (χ3n) is 16.4. The first-order chi connectivity index (χ1) is 43.1. The highest BCUT2D eigenvalue weighted by atomic mass is 16.6. The minimum Gasteiger partial charge on any atom is -0.461 e. The molecule has 0 amide bonds. The van der Waals surface area contributed by atoms with E-state index in [0.717, 1.165) is 96.6 Å². The lowest BCUT2D eigenvalue weighted by Gasteiger charge is -2.30. The highest BCUT2D eigenvalue weighted by molar-refractivity contribution is 5.73. The molecule has 0 heterocycles. The Kier molecular flexibility index (Phi) is 53.8. The molecule has 7 unspecified atom stereocenters. The Morgan fingerprint density at radius 1 is 0.344 bits per heavy atom. The van der Waals surface area contributed by atoms with E-state index in [2.05, 4.69) is 34.6 Å². The molecule has 3 N–H and O–H groups in total. The van der Waals surface area contributed by atoms with E-state index in [9.17, 15) is 44.1 Å². The molecule has 0 radical (unpaired) electrons. The number of likely N-dealkylation sites (N-methyl/N-ethyl adjacent to an activating group) is 2. The fourth-order valence-corrected chi connectivity index (χ4v) is 10.9. The third kappa shape index (κ3) is 51.4. The fourth-order valence-electron chi connectivity index (χ4n) is 10.9. The van der Waals surface area contributed by atoms with Crippen LogP contribution in [0.15, 0.2) is 36.5 Å². The van der Waals surface area contributed by atoms with Crippen molar-refractivity contribution in [2.24, 2.45) is 0 Å². The smallest absolute Gasteiger partial charge is 0.362 e. The summed E-state index contributed by atoms with van der Waals surface area (Å²) in [5.74, 6) is -3.23. The van der Waals surface area contributed by atoms with Gasteiger partial charge < -0.3 is 52.7 Å². The summed E-state index contributed by atoms with van der Waals surface area (Å²) < 4.78 is 34.9. The van der Waals surface area contributed by atoms with E-state index in [1.165, 1.54) is 116 Å². The Bertz CT molecular complexity index is 1920. The molecule has 0 rings (SSSR count). The zero-order valence-corrected chi connectivity index (χ0v) is 58.8. The van der Waals surface area contributed by atoms with E-state index in [4.69, 9.17) is 28.4 Å². The summed E-state index contributed by atoms with van der Waals surface area (Å²) in [5.41, 5.74) is 0. The molecular weight excluding hydrogens is 1140 g/mol. The second-order valence-electron chi connectivity index (χ2n) is 26.6. The minimum atomic E-state index is -1.18. The summed E-state index contributed by atoms with van der Waals surface area (Å²) in [7, 11) is 8.14. The van der Waals surface area contributed by atoms with Crippen LogP contribution in [0.4, 0.5) is 0 Å². The van der Waals surface area contributed by atoms with Gasteiger partial charge >= 0.3 is 35.8 Å². The number of aliphatic hydroxyl groups is 3. The lowest BCUT2D eigenvalue weighted by atomic mass is 10.0. The second-order valence-corrected chi connectivity index (χ2v) is 26.6. The zero-order chi connectivity index (χ0) is 67.1. The molecule has 0 aromatic carbocycles. The van der Waals surface area contributed by atoms with Gasteiger partial charge in [-0.3, -0.25) is 19.2 Å². The van der Waals surface area contributed by atoms with E-state index in [0.29, 0.717) is 28.2 Å². The van der Waals surface area contributed by atoms with E-state index in [-0.39, 0.29) is 63.6 Å². The van der Waals surface area contributed by atoms with Crippen LogP contribution in [0.5, 0.6) is 0 Å². The molecule has 90 heavy (non-hydrogen) atoms. The standard InChI is InChI=1S/C73H134N2O15/c1-11-16-21-23-25-27-29-31-33-44-55-74(7,8)57-72(83)89-67(50-36-19-14-4)64(78)47-39-42-53-70(81)86-60-62(59-85-69(80)52-41-38-46-63(77)66(87-61(6)76)49-35-18-13-3)88-71(82)54-43-40-48-65(79)68(51-37-20-15-5)90-73(84)58-75(9,10)56-45-34-32-30-28-26-24-22-17-12-2/h38-43,62-68,77-79H,11-37,44-60H2,1-10H3/q+2/b41-38+,42-39+,43-40+. The molecule has 0 fully saturated rings. The monoisotopic (exact) mass is 1280 g/mol. The average molecular weight is 1280 g/mol. The average Bonchev–Trinajstić information content (AvgIpc) is 3.37. The first-order valence-electron chi connectivity index (χ1n) is 35.8. The van der Waals surface area contributed by atoms with Crippen LogP contribution in [-0.2, 0) is 57.2 Å². The van der Waals surface area contributed by atoms with Gasteiger partial charge in [0.15, 0.2) is 19.2 Å². The number of quaternary nitrogens is 2. The Labute approximate surface area is 547 Å². The third-order valence-corrected chi connectivity index (χ3v) is 16.4. The van der Waals surface area contributed by atoms with E-state index >= 15 is 0 Å². The van der Waals surface area contributed by atoms with E-state index in [1.54, 1.807) is 30.4 Å². The van der Waals surface area contributed by atoms with Gasteiger partial charge in [0.2, 0.25) is 0 Å². The molecule has 7 atom stereocenters. The van der Waals surface area contributed by atoms with Crippen LogP contribution in [0.3, 0.4) is 0 Å². The topological polar surface area (TPSA) is 218 Å². The van der Waals surface area contributed by atoms with Crippen LogP contribution in [0, 0.1) is 0 Å². The van der Waals surface area contributed by atoms with Crippen molar-refractivity contribution in [2.75, 3.05) is 67.6 Å². The summed E-state index contributed by atoms with van der Waals surface area (Å²) in [5, 5.41) is 33.3. The highest BCUT2D eigenvalue weighted by Gasteiger charge is 2.29. The number of hydrogen-bond donors (Lipinski definition) is 3. The van der Waals surface area contributed by atoms with E-state index in [1.807, 2.05) is 28.2 Å². The molecule has 0 bridgehead atoms. The molecule has 17 heteroatoms. The minimum absolute atomic E-state index is 0.118. The lowest BCUT2D eigenvalue weighted by Crippen LogP contribution is -2.46. The van der Waals surface area contributed by atoms with Gasteiger partial charge in [-0.05, 0) is 83.5 Å². The van der Waals surface area contributed by atoms with Gasteiger partial charge in [-0.2, -0.15) is 0 Å². The molecule has 0 saturated carbocycles. The van der Waals surface area contributed by atoms with Crippen molar-refractivity contribution in [1.29, 1.82) is 0 Å². The Morgan fingerprint density at radius 2 is 0.622 bits per heavy atom. The largest absolute Gasteiger partial charge is 0.461 e. The van der Waals surface area contributed by atoms with Crippen molar-refractivity contribution in [2.45, 2.75) is 328 Å². The van der Waals surface area contributed by atoms with Gasteiger partial charge in [-0.15, -0.1) is 0 Å². The number of hydrogen-bond acceptors (Lipinski definition) is 15. The number of nitrogens with zero attached hydrogens (tertiary/aromatic N) is 2. The molecule has 0 aliphatic rings. The van der Waals surface area contributed by atoms with Crippen molar-refractivity contribution in [1.82, 2.24) is 0 Å². The maximum atomic E-state index is 13.3. The summed E-state index contributed by atoms with van der Waals surface area (Å²) in [6.45, 7) is 13.2. The summed E-state index contributed by atoms with van der Waals surface area (Å²) in [6.07, 6.45) is 37.5. The predicted molar refractivity (Wildman–Crippen MR) is 360 cm³/mol. The van der Waals surface area contributed by atoms with Crippen molar-refractivity contribution in [3.63, 3.8) is 0 Å². The van der Waals surface area contributed by atoms with Gasteiger partial charge in [0.25, 0.3) is 0 Å². The van der Waals surface area contributed by atoms with Crippen molar-refractivity contribution in [3.8, 4) is 0 Å². The summed E-state index contributed by atoms with van der Waals surface area (Å²) >= 11 is 0. The first-order valence-corrected chi connectivity index (χ1v) is 35.8. The van der Waals surface area contributed by atoms with Crippen LogP contribution in [0.25, 0.3) is 0 Å². The van der Waals surface area contributed by atoms with Crippen LogP contribution in [0.2, 0.25) is 0 Å². The first kappa shape index (κ1) is 85.8. The molecule has 524 valence electrons. The van der Waals surface area contributed by atoms with Crippen molar-refractivity contribution in [3.05, 3.63) is 36.5 Å². The van der Waals surface area contributed by atoms with Gasteiger partial charge in [0, 0.05) is 6.92 Å². The molecular formula is C73H134N2O15+2. The summed E-state index contributed by atoms with van der Waals surface area (Å²) in [4.78, 5) is 77.6. The molecule has 0 aromatic rings. The van der Waals surface area contributed by atoms with Crippen LogP contribution < -0.4 is 0 Å². The maximum absolute atomic E-state index is 13.3. The molecule has 0 spiro atoms. The SMILES string of the molecule is CCCCCCCCCCCC[N+](C)(C)CC(=O)OC(CCCCC)C(O)C/C=C/CC(=O)OCC(COC(=O)C/C=C/CC(O)C(CCCCC)OC(C)=O)OC(=O)C/C=C/CC(O)C(CCCCC)OC(=O)C[N+](C)(C)CCCCCCCCCCCC.